The Morgan fingerprint density at radius 3 is 2.94 bits per heavy atom. The molecular formula is C11H14ClFN2O2. The van der Waals surface area contributed by atoms with Crippen molar-refractivity contribution in [1.29, 1.82) is 0 Å². The van der Waals surface area contributed by atoms with Crippen LogP contribution in [0, 0.1) is 5.82 Å². The van der Waals surface area contributed by atoms with Crippen LogP contribution in [-0.2, 0) is 4.79 Å². The average molecular weight is 261 g/mol. The summed E-state index contributed by atoms with van der Waals surface area (Å²) in [4.78, 5) is 10.8. The minimum atomic E-state index is -0.405. The molecule has 0 aliphatic rings. The minimum absolute atomic E-state index is 0.0232. The zero-order valence-electron chi connectivity index (χ0n) is 9.21. The molecule has 0 aliphatic carbocycles. The van der Waals surface area contributed by atoms with Gasteiger partial charge in [0.25, 0.3) is 0 Å². The van der Waals surface area contributed by atoms with Crippen LogP contribution in [-0.4, -0.2) is 25.6 Å². The highest BCUT2D eigenvalue weighted by Crippen LogP contribution is 2.24. The Bertz CT molecular complexity index is 388. The van der Waals surface area contributed by atoms with Crippen molar-refractivity contribution in [2.45, 2.75) is 6.42 Å². The van der Waals surface area contributed by atoms with Gasteiger partial charge in [0, 0.05) is 6.54 Å². The monoisotopic (exact) mass is 260 g/mol. The Labute approximate surface area is 104 Å². The van der Waals surface area contributed by atoms with Gasteiger partial charge in [-0.3, -0.25) is 4.79 Å². The Morgan fingerprint density at radius 1 is 1.53 bits per heavy atom. The van der Waals surface area contributed by atoms with Crippen LogP contribution in [0.15, 0.2) is 18.2 Å². The van der Waals surface area contributed by atoms with E-state index in [-0.39, 0.29) is 17.5 Å². The molecule has 0 saturated heterocycles. The highest BCUT2D eigenvalue weighted by Gasteiger charge is 2.02. The third-order valence-corrected chi connectivity index (χ3v) is 2.28. The first-order chi connectivity index (χ1) is 8.13. The lowest BCUT2D eigenvalue weighted by Crippen LogP contribution is -2.31. The van der Waals surface area contributed by atoms with E-state index in [0.717, 1.165) is 0 Å². The highest BCUT2D eigenvalue weighted by atomic mass is 35.5. The number of nitrogens with one attached hydrogen (secondary N) is 1. The number of halogens is 2. The first-order valence-corrected chi connectivity index (χ1v) is 5.56. The van der Waals surface area contributed by atoms with E-state index < -0.39 is 5.82 Å². The van der Waals surface area contributed by atoms with Crippen LogP contribution < -0.4 is 15.8 Å². The van der Waals surface area contributed by atoms with Crippen molar-refractivity contribution in [1.82, 2.24) is 5.32 Å². The molecule has 0 bridgehead atoms. The van der Waals surface area contributed by atoms with Gasteiger partial charge < -0.3 is 15.8 Å². The lowest BCUT2D eigenvalue weighted by Gasteiger charge is -2.08. The topological polar surface area (TPSA) is 64.4 Å². The summed E-state index contributed by atoms with van der Waals surface area (Å²) in [7, 11) is 0. The first kappa shape index (κ1) is 13.7. The molecule has 4 nitrogen and oxygen atoms in total. The van der Waals surface area contributed by atoms with Gasteiger partial charge >= 0.3 is 0 Å². The quantitative estimate of drug-likeness (QED) is 0.759. The van der Waals surface area contributed by atoms with Crippen LogP contribution in [0.3, 0.4) is 0 Å². The molecule has 6 heteroatoms. The predicted molar refractivity (Wildman–Crippen MR) is 63.6 cm³/mol. The second-order valence-electron chi connectivity index (χ2n) is 3.33. The van der Waals surface area contributed by atoms with Crippen LogP contribution in [0.5, 0.6) is 5.75 Å². The summed E-state index contributed by atoms with van der Waals surface area (Å²) in [6, 6.07) is 3.93. The van der Waals surface area contributed by atoms with E-state index in [1.807, 2.05) is 0 Å². The van der Waals surface area contributed by atoms with Gasteiger partial charge in [-0.1, -0.05) is 11.6 Å². The Morgan fingerprint density at radius 2 is 2.29 bits per heavy atom. The Hall–Kier alpha value is -1.33. The largest absolute Gasteiger partial charge is 0.492 e. The van der Waals surface area contributed by atoms with Crippen LogP contribution in [0.25, 0.3) is 0 Å². The van der Waals surface area contributed by atoms with E-state index in [9.17, 15) is 9.18 Å². The molecule has 3 N–H and O–H groups in total. The van der Waals surface area contributed by atoms with E-state index >= 15 is 0 Å². The van der Waals surface area contributed by atoms with E-state index in [1.54, 1.807) is 0 Å². The molecule has 0 radical (unpaired) electrons. The third kappa shape index (κ3) is 5.01. The summed E-state index contributed by atoms with van der Waals surface area (Å²) in [5, 5.41) is 2.84. The third-order valence-electron chi connectivity index (χ3n) is 1.98. The molecule has 1 aromatic rings. The van der Waals surface area contributed by atoms with Gasteiger partial charge in [-0.05, 0) is 24.6 Å². The molecule has 0 aromatic heterocycles. The molecule has 1 aromatic carbocycles. The fraction of sp³-hybridized carbons (Fsp3) is 0.364. The minimum Gasteiger partial charge on any atom is -0.492 e. The van der Waals surface area contributed by atoms with Crippen LogP contribution >= 0.6 is 11.6 Å². The second-order valence-corrected chi connectivity index (χ2v) is 3.74. The van der Waals surface area contributed by atoms with Crippen molar-refractivity contribution in [2.75, 3.05) is 19.7 Å². The molecule has 94 valence electrons. The number of amides is 1. The van der Waals surface area contributed by atoms with Crippen molar-refractivity contribution >= 4 is 17.5 Å². The maximum Gasteiger partial charge on any atom is 0.233 e. The van der Waals surface area contributed by atoms with Crippen LogP contribution in [0.4, 0.5) is 4.39 Å². The van der Waals surface area contributed by atoms with Crippen LogP contribution in [0.2, 0.25) is 5.02 Å². The van der Waals surface area contributed by atoms with E-state index in [4.69, 9.17) is 22.1 Å². The maximum atomic E-state index is 12.7. The van der Waals surface area contributed by atoms with Crippen molar-refractivity contribution in [3.63, 3.8) is 0 Å². The molecule has 0 saturated carbocycles. The summed E-state index contributed by atoms with van der Waals surface area (Å²) in [5.41, 5.74) is 5.12. The molecule has 0 unspecified atom stereocenters. The number of carbonyl (C=O) groups excluding carboxylic acids is 1. The summed E-state index contributed by atoms with van der Waals surface area (Å²) >= 11 is 5.76. The molecule has 17 heavy (non-hydrogen) atoms. The molecule has 0 heterocycles. The number of hydrogen-bond donors (Lipinski definition) is 2. The van der Waals surface area contributed by atoms with Gasteiger partial charge in [0.2, 0.25) is 5.91 Å². The van der Waals surface area contributed by atoms with Crippen molar-refractivity contribution in [3.05, 3.63) is 29.0 Å². The number of rotatable bonds is 6. The van der Waals surface area contributed by atoms with Crippen molar-refractivity contribution in [3.8, 4) is 5.75 Å². The second kappa shape index (κ2) is 7.09. The van der Waals surface area contributed by atoms with Gasteiger partial charge in [-0.2, -0.15) is 0 Å². The van der Waals surface area contributed by atoms with Gasteiger partial charge in [-0.15, -0.1) is 0 Å². The normalized spacial score (nSPS) is 10.1. The summed E-state index contributed by atoms with van der Waals surface area (Å²) < 4.78 is 18.0. The van der Waals surface area contributed by atoms with Crippen molar-refractivity contribution in [2.24, 2.45) is 5.73 Å². The molecule has 0 fully saturated rings. The smallest absolute Gasteiger partial charge is 0.233 e. The first-order valence-electron chi connectivity index (χ1n) is 5.18. The van der Waals surface area contributed by atoms with Gasteiger partial charge in [0.15, 0.2) is 0 Å². The van der Waals surface area contributed by atoms with Gasteiger partial charge in [0.1, 0.15) is 11.6 Å². The average Bonchev–Trinajstić information content (AvgIpc) is 2.30. The van der Waals surface area contributed by atoms with E-state index in [0.29, 0.717) is 25.3 Å². The molecule has 1 rings (SSSR count). The number of ether oxygens (including phenoxy) is 1. The molecule has 0 atom stereocenters. The molecule has 0 aliphatic heterocycles. The number of carbonyl (C=O) groups is 1. The van der Waals surface area contributed by atoms with Crippen LogP contribution in [0.1, 0.15) is 6.42 Å². The zero-order valence-corrected chi connectivity index (χ0v) is 9.97. The van der Waals surface area contributed by atoms with Gasteiger partial charge in [-0.25, -0.2) is 4.39 Å². The summed E-state index contributed by atoms with van der Waals surface area (Å²) in [6.45, 7) is 0.843. The lowest BCUT2D eigenvalue weighted by molar-refractivity contribution is -0.119. The highest BCUT2D eigenvalue weighted by molar-refractivity contribution is 6.32. The Balaban J connectivity index is 2.24. The molecule has 0 spiro atoms. The maximum absolute atomic E-state index is 12.7. The number of benzene rings is 1. The zero-order chi connectivity index (χ0) is 12.7. The summed E-state index contributed by atoms with van der Waals surface area (Å²) in [5.74, 6) is -0.180. The predicted octanol–water partition coefficient (Wildman–Crippen LogP) is 1.32. The standard InChI is InChI=1S/C11H14ClFN2O2/c12-9-6-8(13)2-3-10(9)17-5-1-4-15-11(16)7-14/h2-3,6H,1,4-5,7,14H2,(H,15,16). The van der Waals surface area contributed by atoms with E-state index in [1.165, 1.54) is 18.2 Å². The number of nitrogens with two attached hydrogens (primary N) is 1. The molecule has 1 amide bonds. The molecular weight excluding hydrogens is 247 g/mol. The van der Waals surface area contributed by atoms with Gasteiger partial charge in [0.05, 0.1) is 18.2 Å². The van der Waals surface area contributed by atoms with Crippen molar-refractivity contribution < 1.29 is 13.9 Å². The summed E-state index contributed by atoms with van der Waals surface area (Å²) in [6.07, 6.45) is 0.624. The number of hydrogen-bond acceptors (Lipinski definition) is 3. The lowest BCUT2D eigenvalue weighted by atomic mass is 10.3. The Kier molecular flexibility index (Phi) is 5.72. The fourth-order valence-corrected chi connectivity index (χ4v) is 1.37. The fourth-order valence-electron chi connectivity index (χ4n) is 1.15. The SMILES string of the molecule is NCC(=O)NCCCOc1ccc(F)cc1Cl. The van der Waals surface area contributed by atoms with E-state index in [2.05, 4.69) is 5.32 Å².